The third-order valence-electron chi connectivity index (χ3n) is 4.66. The van der Waals surface area contributed by atoms with E-state index in [4.69, 9.17) is 0 Å². The van der Waals surface area contributed by atoms with Gasteiger partial charge in [0.2, 0.25) is 10.0 Å². The molecule has 1 fully saturated rings. The molecule has 152 valence electrons. The van der Waals surface area contributed by atoms with Gasteiger partial charge < -0.3 is 0 Å². The molecule has 1 aliphatic rings. The number of hydrogen-bond acceptors (Lipinski definition) is 4. The Labute approximate surface area is 167 Å². The Hall–Kier alpha value is -1.90. The minimum atomic E-state index is -3.80. The van der Waals surface area contributed by atoms with Crippen molar-refractivity contribution in [1.82, 2.24) is 4.72 Å². The van der Waals surface area contributed by atoms with Crippen molar-refractivity contribution >= 4 is 25.7 Å². The summed E-state index contributed by atoms with van der Waals surface area (Å²) >= 11 is 0. The smallest absolute Gasteiger partial charge is 0.262 e. The molecule has 28 heavy (non-hydrogen) atoms. The Morgan fingerprint density at radius 2 is 1.50 bits per heavy atom. The molecule has 0 atom stereocenters. The first-order chi connectivity index (χ1) is 12.9. The van der Waals surface area contributed by atoms with Crippen molar-refractivity contribution in [2.75, 3.05) is 4.72 Å². The van der Waals surface area contributed by atoms with Crippen LogP contribution in [0.4, 0.5) is 5.69 Å². The van der Waals surface area contributed by atoms with Gasteiger partial charge in [0.05, 0.1) is 9.79 Å². The average Bonchev–Trinajstić information content (AvgIpc) is 3.37. The molecule has 6 nitrogen and oxygen atoms in total. The molecule has 0 spiro atoms. The van der Waals surface area contributed by atoms with E-state index < -0.39 is 20.0 Å². The SMILES string of the molecule is Cc1ccc(C(C)(C)C)cc1S(=O)(=O)Nc1ccc(S(=O)(=O)NC2CC2)cc1. The fourth-order valence-corrected chi connectivity index (χ4v) is 5.39. The van der Waals surface area contributed by atoms with Crippen LogP contribution in [-0.4, -0.2) is 22.9 Å². The van der Waals surface area contributed by atoms with Gasteiger partial charge in [0, 0.05) is 11.7 Å². The van der Waals surface area contributed by atoms with Gasteiger partial charge >= 0.3 is 0 Å². The van der Waals surface area contributed by atoms with E-state index in [1.807, 2.05) is 26.8 Å². The molecule has 1 saturated carbocycles. The predicted molar refractivity (Wildman–Crippen MR) is 110 cm³/mol. The van der Waals surface area contributed by atoms with Gasteiger partial charge in [-0.15, -0.1) is 0 Å². The van der Waals surface area contributed by atoms with E-state index in [1.165, 1.54) is 24.3 Å². The summed E-state index contributed by atoms with van der Waals surface area (Å²) in [6.07, 6.45) is 1.70. The lowest BCUT2D eigenvalue weighted by atomic mass is 9.87. The summed E-state index contributed by atoms with van der Waals surface area (Å²) in [7, 11) is -7.36. The zero-order valence-electron chi connectivity index (χ0n) is 16.5. The minimum absolute atomic E-state index is 0.0150. The molecular formula is C20H26N2O4S2. The molecule has 8 heteroatoms. The van der Waals surface area contributed by atoms with Crippen molar-refractivity contribution < 1.29 is 16.8 Å². The highest BCUT2D eigenvalue weighted by atomic mass is 32.2. The van der Waals surface area contributed by atoms with Gasteiger partial charge in [-0.25, -0.2) is 21.6 Å². The molecule has 2 aromatic carbocycles. The number of sulfonamides is 2. The molecule has 0 bridgehead atoms. The van der Waals surface area contributed by atoms with Gasteiger partial charge in [-0.1, -0.05) is 32.9 Å². The van der Waals surface area contributed by atoms with Crippen molar-refractivity contribution in [3.8, 4) is 0 Å². The minimum Gasteiger partial charge on any atom is -0.280 e. The largest absolute Gasteiger partial charge is 0.280 e. The summed E-state index contributed by atoms with van der Waals surface area (Å²) in [5.41, 5.74) is 1.70. The number of aryl methyl sites for hydroxylation is 1. The highest BCUT2D eigenvalue weighted by molar-refractivity contribution is 7.92. The Bertz CT molecular complexity index is 1080. The maximum absolute atomic E-state index is 12.9. The third-order valence-corrected chi connectivity index (χ3v) is 7.72. The number of anilines is 1. The van der Waals surface area contributed by atoms with Crippen LogP contribution in [-0.2, 0) is 25.5 Å². The molecule has 0 unspecified atom stereocenters. The quantitative estimate of drug-likeness (QED) is 0.745. The molecule has 2 aromatic rings. The lowest BCUT2D eigenvalue weighted by Crippen LogP contribution is -2.25. The van der Waals surface area contributed by atoms with Gasteiger partial charge in [0.15, 0.2) is 0 Å². The van der Waals surface area contributed by atoms with Crippen LogP contribution >= 0.6 is 0 Å². The third kappa shape index (κ3) is 4.74. The monoisotopic (exact) mass is 422 g/mol. The van der Waals surface area contributed by atoms with Crippen molar-refractivity contribution in [3.05, 3.63) is 53.6 Å². The van der Waals surface area contributed by atoms with Gasteiger partial charge in [0.25, 0.3) is 10.0 Å². The summed E-state index contributed by atoms with van der Waals surface area (Å²) in [6, 6.07) is 11.2. The molecular weight excluding hydrogens is 396 g/mol. The summed E-state index contributed by atoms with van der Waals surface area (Å²) in [5.74, 6) is 0. The lowest BCUT2D eigenvalue weighted by Gasteiger charge is -2.21. The molecule has 1 aliphatic carbocycles. The first kappa shape index (κ1) is 20.8. The van der Waals surface area contributed by atoms with E-state index in [-0.39, 0.29) is 21.2 Å². The van der Waals surface area contributed by atoms with Crippen LogP contribution in [0.5, 0.6) is 0 Å². The van der Waals surface area contributed by atoms with Crippen molar-refractivity contribution in [2.45, 2.75) is 61.8 Å². The molecule has 0 amide bonds. The van der Waals surface area contributed by atoms with Crippen LogP contribution in [0, 0.1) is 6.92 Å². The number of benzene rings is 2. The number of hydrogen-bond donors (Lipinski definition) is 2. The molecule has 0 aliphatic heterocycles. The van der Waals surface area contributed by atoms with Crippen LogP contribution in [0.1, 0.15) is 44.7 Å². The molecule has 0 heterocycles. The van der Waals surface area contributed by atoms with Crippen LogP contribution in [0.3, 0.4) is 0 Å². The first-order valence-corrected chi connectivity index (χ1v) is 12.1. The lowest BCUT2D eigenvalue weighted by molar-refractivity contribution is 0.580. The highest BCUT2D eigenvalue weighted by Gasteiger charge is 2.28. The number of nitrogens with one attached hydrogen (secondary N) is 2. The Morgan fingerprint density at radius 3 is 2.04 bits per heavy atom. The molecule has 0 radical (unpaired) electrons. The van der Waals surface area contributed by atoms with Crippen molar-refractivity contribution in [2.24, 2.45) is 0 Å². The zero-order valence-corrected chi connectivity index (χ0v) is 18.1. The normalized spacial score (nSPS) is 15.4. The van der Waals surface area contributed by atoms with Gasteiger partial charge in [-0.3, -0.25) is 4.72 Å². The van der Waals surface area contributed by atoms with E-state index in [2.05, 4.69) is 9.44 Å². The zero-order chi connectivity index (χ0) is 20.7. The Kier molecular flexibility index (Phi) is 5.33. The predicted octanol–water partition coefficient (Wildman–Crippen LogP) is 3.53. The second-order valence-electron chi connectivity index (χ2n) is 8.26. The van der Waals surface area contributed by atoms with Crippen LogP contribution < -0.4 is 9.44 Å². The summed E-state index contributed by atoms with van der Waals surface area (Å²) in [6.45, 7) is 7.82. The van der Waals surface area contributed by atoms with Crippen molar-refractivity contribution in [1.29, 1.82) is 0 Å². The van der Waals surface area contributed by atoms with E-state index >= 15 is 0 Å². The Morgan fingerprint density at radius 1 is 0.893 bits per heavy atom. The summed E-state index contributed by atoms with van der Waals surface area (Å²) in [5, 5.41) is 0. The first-order valence-electron chi connectivity index (χ1n) is 9.15. The van der Waals surface area contributed by atoms with Gasteiger partial charge in [-0.05, 0) is 66.6 Å². The van der Waals surface area contributed by atoms with Crippen LogP contribution in [0.15, 0.2) is 52.3 Å². The van der Waals surface area contributed by atoms with E-state index in [0.717, 1.165) is 18.4 Å². The van der Waals surface area contributed by atoms with Crippen molar-refractivity contribution in [3.63, 3.8) is 0 Å². The summed E-state index contributed by atoms with van der Waals surface area (Å²) in [4.78, 5) is 0.334. The topological polar surface area (TPSA) is 92.3 Å². The summed E-state index contributed by atoms with van der Waals surface area (Å²) < 4.78 is 55.4. The standard InChI is InChI=1S/C20H26N2O4S2/c1-14-5-6-15(20(2,3)4)13-19(14)28(25,26)22-17-9-11-18(12-10-17)27(23,24)21-16-7-8-16/h5-6,9-13,16,21-22H,7-8H2,1-4H3. The fourth-order valence-electron chi connectivity index (χ4n) is 2.76. The molecule has 2 N–H and O–H groups in total. The maximum atomic E-state index is 12.9. The van der Waals surface area contributed by atoms with Crippen LogP contribution in [0.25, 0.3) is 0 Å². The van der Waals surface area contributed by atoms with Crippen LogP contribution in [0.2, 0.25) is 0 Å². The van der Waals surface area contributed by atoms with Gasteiger partial charge in [0.1, 0.15) is 0 Å². The molecule has 0 aromatic heterocycles. The highest BCUT2D eigenvalue weighted by Crippen LogP contribution is 2.28. The fraction of sp³-hybridized carbons (Fsp3) is 0.400. The van der Waals surface area contributed by atoms with Gasteiger partial charge in [-0.2, -0.15) is 0 Å². The molecule has 0 saturated heterocycles. The van der Waals surface area contributed by atoms with E-state index in [9.17, 15) is 16.8 Å². The van der Waals surface area contributed by atoms with E-state index in [0.29, 0.717) is 11.3 Å². The second kappa shape index (κ2) is 7.17. The molecule has 3 rings (SSSR count). The maximum Gasteiger partial charge on any atom is 0.262 e. The Balaban J connectivity index is 1.85. The average molecular weight is 423 g/mol. The number of rotatable bonds is 6. The second-order valence-corrected chi connectivity index (χ2v) is 11.6. The van der Waals surface area contributed by atoms with E-state index in [1.54, 1.807) is 19.1 Å².